The Bertz CT molecular complexity index is 655. The van der Waals surface area contributed by atoms with E-state index >= 15 is 0 Å². The van der Waals surface area contributed by atoms with E-state index in [0.29, 0.717) is 13.1 Å². The van der Waals surface area contributed by atoms with Gasteiger partial charge in [-0.15, -0.1) is 11.3 Å². The number of nitrogens with two attached hydrogens (primary N) is 1. The molecule has 1 aliphatic rings. The first-order valence-corrected chi connectivity index (χ1v) is 7.08. The first-order chi connectivity index (χ1) is 9.97. The van der Waals surface area contributed by atoms with Crippen molar-refractivity contribution in [1.82, 2.24) is 9.97 Å². The van der Waals surface area contributed by atoms with Crippen molar-refractivity contribution >= 4 is 23.1 Å². The molecule has 0 aliphatic carbocycles. The summed E-state index contributed by atoms with van der Waals surface area (Å²) in [5, 5.41) is 1.99. The van der Waals surface area contributed by atoms with E-state index in [-0.39, 0.29) is 11.8 Å². The summed E-state index contributed by atoms with van der Waals surface area (Å²) >= 11 is 1.67. The average molecular weight is 315 g/mol. The maximum atomic E-state index is 12.9. The number of rotatable bonds is 2. The third-order valence-electron chi connectivity index (χ3n) is 3.26. The smallest absolute Gasteiger partial charge is 0.352 e. The molecule has 0 bridgehead atoms. The number of hydrogen-bond donors (Lipinski definition) is 2. The largest absolute Gasteiger partial charge is 0.433 e. The van der Waals surface area contributed by atoms with Gasteiger partial charge in [0.15, 0.2) is 5.69 Å². The van der Waals surface area contributed by atoms with Crippen molar-refractivity contribution in [3.8, 4) is 0 Å². The number of aromatic nitrogens is 2. The second-order valence-corrected chi connectivity index (χ2v) is 5.62. The van der Waals surface area contributed by atoms with Gasteiger partial charge in [-0.25, -0.2) is 10.8 Å². The third kappa shape index (κ3) is 2.79. The summed E-state index contributed by atoms with van der Waals surface area (Å²) < 4.78 is 38.6. The molecule has 0 atom stereocenters. The quantitative estimate of drug-likeness (QED) is 0.658. The number of nitrogens with zero attached hydrogens (tertiary/aromatic N) is 3. The Kier molecular flexibility index (Phi) is 3.46. The van der Waals surface area contributed by atoms with E-state index < -0.39 is 11.9 Å². The minimum Gasteiger partial charge on any atom is -0.352 e. The van der Waals surface area contributed by atoms with E-state index in [4.69, 9.17) is 5.84 Å². The Morgan fingerprint density at radius 1 is 1.33 bits per heavy atom. The molecule has 0 saturated carbocycles. The second kappa shape index (κ2) is 5.15. The highest BCUT2D eigenvalue weighted by molar-refractivity contribution is 7.10. The zero-order valence-corrected chi connectivity index (χ0v) is 11.6. The molecule has 3 heterocycles. The number of hydrazine groups is 1. The van der Waals surface area contributed by atoms with Crippen LogP contribution in [0.3, 0.4) is 0 Å². The molecule has 0 unspecified atom stereocenters. The SMILES string of the molecule is NNc1nc(N2CCc3sccc3C2)cc(C(F)(F)F)n1. The van der Waals surface area contributed by atoms with Gasteiger partial charge in [-0.3, -0.25) is 5.43 Å². The highest BCUT2D eigenvalue weighted by Gasteiger charge is 2.34. The molecule has 0 fully saturated rings. The number of hydrogen-bond acceptors (Lipinski definition) is 6. The summed E-state index contributed by atoms with van der Waals surface area (Å²) in [7, 11) is 0. The van der Waals surface area contributed by atoms with Crippen LogP contribution < -0.4 is 16.2 Å². The lowest BCUT2D eigenvalue weighted by molar-refractivity contribution is -0.141. The van der Waals surface area contributed by atoms with Gasteiger partial charge in [0.25, 0.3) is 0 Å². The second-order valence-electron chi connectivity index (χ2n) is 4.62. The summed E-state index contributed by atoms with van der Waals surface area (Å²) in [5.41, 5.74) is 2.21. The van der Waals surface area contributed by atoms with Gasteiger partial charge in [0.2, 0.25) is 5.95 Å². The molecule has 0 radical (unpaired) electrons. The van der Waals surface area contributed by atoms with Crippen LogP contribution in [0.15, 0.2) is 17.5 Å². The number of alkyl halides is 3. The van der Waals surface area contributed by atoms with Gasteiger partial charge in [-0.1, -0.05) is 0 Å². The highest BCUT2D eigenvalue weighted by Crippen LogP contribution is 2.32. The minimum atomic E-state index is -4.54. The lowest BCUT2D eigenvalue weighted by atomic mass is 10.1. The number of fused-ring (bicyclic) bond motifs is 1. The normalized spacial score (nSPS) is 15.0. The highest BCUT2D eigenvalue weighted by atomic mass is 32.1. The molecule has 3 rings (SSSR count). The standard InChI is InChI=1S/C12H12F3N5S/c13-12(14,15)9-5-10(18-11(17-9)19-16)20-3-1-8-7(6-20)2-4-21-8/h2,4-5H,1,3,6,16H2,(H,17,18,19). The topological polar surface area (TPSA) is 67.1 Å². The van der Waals surface area contributed by atoms with Crippen LogP contribution in [-0.4, -0.2) is 16.5 Å². The van der Waals surface area contributed by atoms with Gasteiger partial charge in [0, 0.05) is 24.0 Å². The molecule has 1 aliphatic heterocycles. The van der Waals surface area contributed by atoms with Crippen LogP contribution in [0.5, 0.6) is 0 Å². The predicted molar refractivity (Wildman–Crippen MR) is 73.9 cm³/mol. The number of anilines is 2. The number of halogens is 3. The molecule has 3 N–H and O–H groups in total. The maximum Gasteiger partial charge on any atom is 0.433 e. The van der Waals surface area contributed by atoms with Crippen molar-refractivity contribution in [2.24, 2.45) is 5.84 Å². The molecule has 0 saturated heterocycles. The van der Waals surface area contributed by atoms with E-state index in [1.807, 2.05) is 11.4 Å². The molecule has 0 aromatic carbocycles. The third-order valence-corrected chi connectivity index (χ3v) is 4.29. The van der Waals surface area contributed by atoms with E-state index in [2.05, 4.69) is 15.4 Å². The van der Waals surface area contributed by atoms with Crippen LogP contribution in [0.1, 0.15) is 16.1 Å². The lowest BCUT2D eigenvalue weighted by Gasteiger charge is -2.28. The number of thiophene rings is 1. The summed E-state index contributed by atoms with van der Waals surface area (Å²) in [6.45, 7) is 1.16. The zero-order chi connectivity index (χ0) is 15.0. The molecule has 5 nitrogen and oxygen atoms in total. The van der Waals surface area contributed by atoms with Crippen molar-refractivity contribution in [3.05, 3.63) is 33.6 Å². The Labute approximate surface area is 122 Å². The van der Waals surface area contributed by atoms with Crippen molar-refractivity contribution in [1.29, 1.82) is 0 Å². The summed E-state index contributed by atoms with van der Waals surface area (Å²) in [5.74, 6) is 5.15. The Morgan fingerprint density at radius 2 is 2.14 bits per heavy atom. The van der Waals surface area contributed by atoms with Gasteiger partial charge >= 0.3 is 6.18 Å². The van der Waals surface area contributed by atoms with Crippen LogP contribution >= 0.6 is 11.3 Å². The summed E-state index contributed by atoms with van der Waals surface area (Å²) in [6.07, 6.45) is -3.74. The number of nitrogens with one attached hydrogen (secondary N) is 1. The molecular weight excluding hydrogens is 303 g/mol. The first kappa shape index (κ1) is 14.1. The molecule has 0 amide bonds. The molecular formula is C12H12F3N5S. The number of nitrogen functional groups attached to an aromatic ring is 1. The van der Waals surface area contributed by atoms with E-state index in [0.717, 1.165) is 18.1 Å². The van der Waals surface area contributed by atoms with Crippen LogP contribution in [0.4, 0.5) is 24.9 Å². The fraction of sp³-hybridized carbons (Fsp3) is 0.333. The van der Waals surface area contributed by atoms with Crippen molar-refractivity contribution in [2.45, 2.75) is 19.1 Å². The van der Waals surface area contributed by atoms with Crippen LogP contribution in [0.2, 0.25) is 0 Å². The zero-order valence-electron chi connectivity index (χ0n) is 10.8. The van der Waals surface area contributed by atoms with E-state index in [1.165, 1.54) is 4.88 Å². The van der Waals surface area contributed by atoms with Crippen LogP contribution in [0, 0.1) is 0 Å². The Morgan fingerprint density at radius 3 is 2.86 bits per heavy atom. The van der Waals surface area contributed by atoms with Crippen LogP contribution in [-0.2, 0) is 19.1 Å². The molecule has 112 valence electrons. The first-order valence-electron chi connectivity index (χ1n) is 6.20. The molecule has 2 aromatic heterocycles. The van der Waals surface area contributed by atoms with Gasteiger partial charge in [-0.2, -0.15) is 18.2 Å². The van der Waals surface area contributed by atoms with Gasteiger partial charge < -0.3 is 4.90 Å². The fourth-order valence-corrected chi connectivity index (χ4v) is 3.14. The van der Waals surface area contributed by atoms with Crippen molar-refractivity contribution < 1.29 is 13.2 Å². The van der Waals surface area contributed by atoms with Crippen LogP contribution in [0.25, 0.3) is 0 Å². The predicted octanol–water partition coefficient (Wildman–Crippen LogP) is 2.41. The lowest BCUT2D eigenvalue weighted by Crippen LogP contribution is -2.31. The van der Waals surface area contributed by atoms with E-state index in [9.17, 15) is 13.2 Å². The fourth-order valence-electron chi connectivity index (χ4n) is 2.25. The average Bonchev–Trinajstić information content (AvgIpc) is 2.93. The Hall–Kier alpha value is -1.87. The molecule has 21 heavy (non-hydrogen) atoms. The molecule has 9 heteroatoms. The van der Waals surface area contributed by atoms with Gasteiger partial charge in [0.1, 0.15) is 5.82 Å². The van der Waals surface area contributed by atoms with Crippen molar-refractivity contribution in [2.75, 3.05) is 16.9 Å². The van der Waals surface area contributed by atoms with E-state index in [1.54, 1.807) is 16.2 Å². The van der Waals surface area contributed by atoms with Gasteiger partial charge in [0.05, 0.1) is 0 Å². The monoisotopic (exact) mass is 315 g/mol. The van der Waals surface area contributed by atoms with Gasteiger partial charge in [-0.05, 0) is 23.4 Å². The summed E-state index contributed by atoms with van der Waals surface area (Å²) in [6, 6.07) is 2.94. The molecule has 2 aromatic rings. The van der Waals surface area contributed by atoms with Crippen molar-refractivity contribution in [3.63, 3.8) is 0 Å². The Balaban J connectivity index is 1.95. The molecule has 0 spiro atoms. The minimum absolute atomic E-state index is 0.224. The summed E-state index contributed by atoms with van der Waals surface area (Å²) in [4.78, 5) is 10.5. The maximum absolute atomic E-state index is 12.9.